The van der Waals surface area contributed by atoms with Crippen LogP contribution in [0.1, 0.15) is 70.6 Å². The monoisotopic (exact) mass is 682 g/mol. The number of rotatable bonds is 16. The summed E-state index contributed by atoms with van der Waals surface area (Å²) in [6.07, 6.45) is -0.329. The molecule has 0 bridgehead atoms. The van der Waals surface area contributed by atoms with E-state index in [1.807, 2.05) is 0 Å². The minimum Gasteiger partial charge on any atom is -0.497 e. The summed E-state index contributed by atoms with van der Waals surface area (Å²) in [6, 6.07) is 18.0. The van der Waals surface area contributed by atoms with E-state index < -0.39 is 29.7 Å². The lowest BCUT2D eigenvalue weighted by molar-refractivity contribution is -0.141. The third-order valence-electron chi connectivity index (χ3n) is 6.90. The zero-order valence-electron chi connectivity index (χ0n) is 28.3. The molecule has 0 fully saturated rings. The Hall–Kier alpha value is -5.72. The normalized spacial score (nSPS) is 11.1. The molecule has 3 rings (SSSR count). The molecule has 49 heavy (non-hydrogen) atoms. The molecule has 3 N–H and O–H groups in total. The molecule has 13 heteroatoms. The maximum Gasteiger partial charge on any atom is 0.306 e. The van der Waals surface area contributed by atoms with Crippen LogP contribution < -0.4 is 18.9 Å². The molecule has 3 aromatic carbocycles. The summed E-state index contributed by atoms with van der Waals surface area (Å²) in [6.45, 7) is 3.13. The highest BCUT2D eigenvalue weighted by molar-refractivity contribution is 5.99. The topological polar surface area (TPSA) is 200 Å². The molecule has 0 aliphatic carbocycles. The van der Waals surface area contributed by atoms with E-state index in [9.17, 15) is 28.8 Å². The number of aliphatic carboxylic acids is 3. The van der Waals surface area contributed by atoms with Crippen molar-refractivity contribution in [2.24, 2.45) is 11.8 Å². The van der Waals surface area contributed by atoms with E-state index in [0.29, 0.717) is 39.7 Å². The van der Waals surface area contributed by atoms with Crippen molar-refractivity contribution < 1.29 is 63.0 Å². The standard InChI is InChI=1S/C12H14O5.2C12H14O4/c1-16-10-5-3-8(7-11(10)17-2)9(13)4-6-12(14)15;1-8(7-11(13)14)12(15)9-3-5-10(16-2)6-4-9;1-8(12(14)15)7-11(13)9-3-5-10(16-2)6-4-9/h3,5,7H,4,6H2,1-2H3,(H,14,15);3-6,8H,7H2,1-2H3,(H,13,14);3-6,8H,7H2,1-2H3,(H,14,15). The van der Waals surface area contributed by atoms with Crippen LogP contribution in [-0.4, -0.2) is 79.0 Å². The van der Waals surface area contributed by atoms with Gasteiger partial charge in [0.05, 0.1) is 47.2 Å². The molecule has 264 valence electrons. The fourth-order valence-electron chi connectivity index (χ4n) is 4.03. The van der Waals surface area contributed by atoms with Gasteiger partial charge in [0.25, 0.3) is 0 Å². The Labute approximate surface area is 284 Å². The largest absolute Gasteiger partial charge is 0.497 e. The first-order chi connectivity index (χ1) is 23.2. The van der Waals surface area contributed by atoms with Crippen LogP contribution >= 0.6 is 0 Å². The zero-order chi connectivity index (χ0) is 37.1. The molecular weight excluding hydrogens is 640 g/mol. The van der Waals surface area contributed by atoms with Gasteiger partial charge in [0, 0.05) is 35.4 Å². The van der Waals surface area contributed by atoms with Crippen LogP contribution in [0.25, 0.3) is 0 Å². The average molecular weight is 683 g/mol. The summed E-state index contributed by atoms with van der Waals surface area (Å²) >= 11 is 0. The first-order valence-corrected chi connectivity index (χ1v) is 14.9. The van der Waals surface area contributed by atoms with Crippen molar-refractivity contribution in [3.63, 3.8) is 0 Å². The summed E-state index contributed by atoms with van der Waals surface area (Å²) in [4.78, 5) is 66.5. The number of carboxylic acid groups (broad SMARTS) is 3. The first kappa shape index (κ1) is 41.3. The predicted molar refractivity (Wildman–Crippen MR) is 178 cm³/mol. The lowest BCUT2D eigenvalue weighted by Gasteiger charge is -2.08. The number of carbonyl (C=O) groups excluding carboxylic acids is 3. The molecule has 0 aliphatic rings. The van der Waals surface area contributed by atoms with Crippen molar-refractivity contribution >= 4 is 35.3 Å². The Morgan fingerprint density at radius 3 is 1.45 bits per heavy atom. The van der Waals surface area contributed by atoms with Crippen molar-refractivity contribution in [2.75, 3.05) is 28.4 Å². The van der Waals surface area contributed by atoms with Gasteiger partial charge in [-0.3, -0.25) is 28.8 Å². The van der Waals surface area contributed by atoms with Gasteiger partial charge in [-0.25, -0.2) is 0 Å². The molecule has 0 aromatic heterocycles. The highest BCUT2D eigenvalue weighted by Crippen LogP contribution is 2.28. The molecule has 3 aromatic rings. The lowest BCUT2D eigenvalue weighted by Crippen LogP contribution is -2.15. The second-order valence-corrected chi connectivity index (χ2v) is 10.6. The average Bonchev–Trinajstić information content (AvgIpc) is 3.10. The SMILES string of the molecule is COc1ccc(C(=O)C(C)CC(=O)O)cc1.COc1ccc(C(=O)CC(C)C(=O)O)cc1.COc1ccc(C(=O)CCC(=O)O)cc1OC. The summed E-state index contributed by atoms with van der Waals surface area (Å²) in [7, 11) is 6.07. The van der Waals surface area contributed by atoms with Crippen LogP contribution in [0.4, 0.5) is 0 Å². The smallest absolute Gasteiger partial charge is 0.306 e. The number of hydrogen-bond acceptors (Lipinski definition) is 10. The highest BCUT2D eigenvalue weighted by Gasteiger charge is 2.18. The second kappa shape index (κ2) is 21.2. The van der Waals surface area contributed by atoms with Crippen molar-refractivity contribution in [1.29, 1.82) is 0 Å². The Morgan fingerprint density at radius 1 is 0.531 bits per heavy atom. The van der Waals surface area contributed by atoms with Crippen LogP contribution in [0.5, 0.6) is 23.0 Å². The van der Waals surface area contributed by atoms with Crippen LogP contribution in [0, 0.1) is 11.8 Å². The summed E-state index contributed by atoms with van der Waals surface area (Å²) in [5, 5.41) is 25.8. The van der Waals surface area contributed by atoms with Crippen molar-refractivity contribution in [2.45, 2.75) is 39.5 Å². The lowest BCUT2D eigenvalue weighted by atomic mass is 9.96. The first-order valence-electron chi connectivity index (χ1n) is 14.9. The molecule has 0 heterocycles. The van der Waals surface area contributed by atoms with Gasteiger partial charge in [0.1, 0.15) is 11.5 Å². The minimum absolute atomic E-state index is 0.0155. The van der Waals surface area contributed by atoms with Crippen LogP contribution in [0.3, 0.4) is 0 Å². The Bertz CT molecular complexity index is 1560. The highest BCUT2D eigenvalue weighted by atomic mass is 16.5. The number of ether oxygens (including phenoxy) is 4. The van der Waals surface area contributed by atoms with Crippen molar-refractivity contribution in [3.8, 4) is 23.0 Å². The van der Waals surface area contributed by atoms with E-state index in [4.69, 9.17) is 34.3 Å². The van der Waals surface area contributed by atoms with Crippen molar-refractivity contribution in [3.05, 3.63) is 83.4 Å². The summed E-state index contributed by atoms with van der Waals surface area (Å²) in [5.41, 5.74) is 1.44. The number of ketones is 3. The van der Waals surface area contributed by atoms with Gasteiger partial charge in [0.15, 0.2) is 28.8 Å². The molecule has 2 unspecified atom stereocenters. The van der Waals surface area contributed by atoms with Gasteiger partial charge < -0.3 is 34.3 Å². The maximum atomic E-state index is 11.8. The van der Waals surface area contributed by atoms with Crippen LogP contribution in [-0.2, 0) is 14.4 Å². The second-order valence-electron chi connectivity index (χ2n) is 10.6. The maximum absolute atomic E-state index is 11.8. The van der Waals surface area contributed by atoms with E-state index in [2.05, 4.69) is 0 Å². The Balaban J connectivity index is 0.000000368. The summed E-state index contributed by atoms with van der Waals surface area (Å²) < 4.78 is 20.0. The number of hydrogen-bond donors (Lipinski definition) is 3. The fraction of sp³-hybridized carbons (Fsp3) is 0.333. The third-order valence-corrected chi connectivity index (χ3v) is 6.90. The fourth-order valence-corrected chi connectivity index (χ4v) is 4.03. The molecule has 2 atom stereocenters. The molecule has 0 saturated heterocycles. The Kier molecular flexibility index (Phi) is 17.9. The molecule has 0 saturated carbocycles. The van der Waals surface area contributed by atoms with Gasteiger partial charge in [0.2, 0.25) is 0 Å². The molecule has 13 nitrogen and oxygen atoms in total. The number of carboxylic acids is 3. The molecule has 0 aliphatic heterocycles. The quantitative estimate of drug-likeness (QED) is 0.155. The van der Waals surface area contributed by atoms with Gasteiger partial charge >= 0.3 is 17.9 Å². The summed E-state index contributed by atoms with van der Waals surface area (Å²) in [5.74, 6) is -2.31. The molecular formula is C36H42O13. The van der Waals surface area contributed by atoms with Crippen LogP contribution in [0.2, 0.25) is 0 Å². The van der Waals surface area contributed by atoms with Crippen LogP contribution in [0.15, 0.2) is 66.7 Å². The molecule has 0 amide bonds. The number of methoxy groups -OCH3 is 4. The van der Waals surface area contributed by atoms with Gasteiger partial charge in [-0.15, -0.1) is 0 Å². The van der Waals surface area contributed by atoms with Gasteiger partial charge in [-0.05, 0) is 66.7 Å². The van der Waals surface area contributed by atoms with E-state index >= 15 is 0 Å². The minimum atomic E-state index is -0.987. The molecule has 0 spiro atoms. The van der Waals surface area contributed by atoms with E-state index in [1.54, 1.807) is 87.9 Å². The number of carbonyl (C=O) groups is 6. The van der Waals surface area contributed by atoms with E-state index in [1.165, 1.54) is 21.1 Å². The number of Topliss-reactive ketones (excluding diaryl/α,β-unsaturated/α-hetero) is 3. The van der Waals surface area contributed by atoms with Gasteiger partial charge in [-0.2, -0.15) is 0 Å². The van der Waals surface area contributed by atoms with Crippen molar-refractivity contribution in [1.82, 2.24) is 0 Å². The third kappa shape index (κ3) is 14.7. The van der Waals surface area contributed by atoms with E-state index in [-0.39, 0.29) is 43.0 Å². The zero-order valence-corrected chi connectivity index (χ0v) is 28.3. The van der Waals surface area contributed by atoms with Gasteiger partial charge in [-0.1, -0.05) is 13.8 Å². The number of benzene rings is 3. The Morgan fingerprint density at radius 2 is 1.02 bits per heavy atom. The molecule has 0 radical (unpaired) electrons. The van der Waals surface area contributed by atoms with E-state index in [0.717, 1.165) is 0 Å². The predicted octanol–water partition coefficient (Wildman–Crippen LogP) is 5.73.